The van der Waals surface area contributed by atoms with E-state index < -0.39 is 23.5 Å². The molecule has 0 bridgehead atoms. The number of fused-ring (bicyclic) bond motifs is 3. The molecule has 0 unspecified atom stereocenters. The highest BCUT2D eigenvalue weighted by Crippen LogP contribution is 2.38. The highest BCUT2D eigenvalue weighted by molar-refractivity contribution is 5.99. The van der Waals surface area contributed by atoms with Crippen LogP contribution in [-0.2, 0) is 23.1 Å². The number of halogens is 3. The molecule has 0 saturated heterocycles. The van der Waals surface area contributed by atoms with Crippen molar-refractivity contribution in [1.29, 1.82) is 0 Å². The van der Waals surface area contributed by atoms with Crippen molar-refractivity contribution < 1.29 is 22.7 Å². The fourth-order valence-corrected chi connectivity index (χ4v) is 3.47. The van der Waals surface area contributed by atoms with E-state index in [1.165, 1.54) is 6.07 Å². The van der Waals surface area contributed by atoms with Gasteiger partial charge in [-0.3, -0.25) is 9.78 Å². The topological polar surface area (TPSA) is 77.0 Å². The number of pyridine rings is 1. The second-order valence-electron chi connectivity index (χ2n) is 7.72. The molecule has 30 heavy (non-hydrogen) atoms. The first-order chi connectivity index (χ1) is 14.1. The lowest BCUT2D eigenvalue weighted by Gasteiger charge is -2.18. The van der Waals surface area contributed by atoms with Crippen molar-refractivity contribution in [2.75, 3.05) is 0 Å². The summed E-state index contributed by atoms with van der Waals surface area (Å²) in [7, 11) is 0. The Morgan fingerprint density at radius 3 is 2.63 bits per heavy atom. The molecule has 4 rings (SSSR count). The van der Waals surface area contributed by atoms with Gasteiger partial charge in [-0.2, -0.15) is 18.3 Å². The van der Waals surface area contributed by atoms with Crippen LogP contribution >= 0.6 is 0 Å². The van der Waals surface area contributed by atoms with E-state index in [1.807, 2.05) is 13.8 Å². The van der Waals surface area contributed by atoms with Crippen LogP contribution in [0.1, 0.15) is 59.7 Å². The first-order valence-electron chi connectivity index (χ1n) is 9.34. The van der Waals surface area contributed by atoms with Crippen LogP contribution < -0.4 is 5.32 Å². The zero-order chi connectivity index (χ0) is 21.7. The minimum atomic E-state index is -4.56. The summed E-state index contributed by atoms with van der Waals surface area (Å²) < 4.78 is 43.7. The first-order valence-corrected chi connectivity index (χ1v) is 9.34. The Hall–Kier alpha value is -3.07. The van der Waals surface area contributed by atoms with Gasteiger partial charge in [0.05, 0.1) is 29.5 Å². The molecule has 9 heteroatoms. The van der Waals surface area contributed by atoms with Gasteiger partial charge in [-0.25, -0.2) is 0 Å². The van der Waals surface area contributed by atoms with Crippen LogP contribution in [0, 0.1) is 0 Å². The maximum Gasteiger partial charge on any atom is 0.435 e. The predicted octanol–water partition coefficient (Wildman–Crippen LogP) is 4.30. The van der Waals surface area contributed by atoms with Gasteiger partial charge in [-0.15, -0.1) is 5.10 Å². The summed E-state index contributed by atoms with van der Waals surface area (Å²) in [6.07, 6.45) is -2.76. The van der Waals surface area contributed by atoms with Gasteiger partial charge in [0.15, 0.2) is 5.69 Å². The number of carbonyl (C=O) groups excluding carboxylic acids is 1. The van der Waals surface area contributed by atoms with Crippen molar-refractivity contribution in [3.05, 3.63) is 64.6 Å². The molecule has 1 N–H and O–H groups in total. The minimum absolute atomic E-state index is 0.231. The third kappa shape index (κ3) is 3.60. The fourth-order valence-electron chi connectivity index (χ4n) is 3.47. The van der Waals surface area contributed by atoms with Crippen LogP contribution in [0.3, 0.4) is 0 Å². The third-order valence-electron chi connectivity index (χ3n) is 5.23. The van der Waals surface area contributed by atoms with E-state index in [0.717, 1.165) is 28.1 Å². The number of nitrogens with one attached hydrogen (secondary N) is 1. The van der Waals surface area contributed by atoms with Crippen LogP contribution in [0.15, 0.2) is 36.5 Å². The number of nitrogens with zero attached hydrogens (tertiary/aromatic N) is 3. The Morgan fingerprint density at radius 1 is 1.20 bits per heavy atom. The second kappa shape index (κ2) is 7.02. The summed E-state index contributed by atoms with van der Waals surface area (Å²) in [6.45, 7) is 6.00. The number of amides is 1. The van der Waals surface area contributed by atoms with Gasteiger partial charge in [0.25, 0.3) is 5.91 Å². The molecule has 0 saturated carbocycles. The standard InChI is InChI=1S/C21H19F3N4O2/c1-11(16-6-7-18(28-27-16)21(22,23)24)26-19(29)12-4-5-17-13(8-12)14-10-30-20(2,3)15(14)9-25-17/h4-9,11H,10H2,1-3H3,(H,26,29)/t11-/m1/s1. The molecule has 156 valence electrons. The largest absolute Gasteiger partial charge is 0.435 e. The molecule has 0 aliphatic carbocycles. The fraction of sp³-hybridized carbons (Fsp3) is 0.333. The van der Waals surface area contributed by atoms with Gasteiger partial charge in [0, 0.05) is 22.7 Å². The summed E-state index contributed by atoms with van der Waals surface area (Å²) in [4.78, 5) is 17.2. The highest BCUT2D eigenvalue weighted by atomic mass is 19.4. The molecule has 0 radical (unpaired) electrons. The Kier molecular flexibility index (Phi) is 4.73. The van der Waals surface area contributed by atoms with Crippen LogP contribution in [0.25, 0.3) is 10.9 Å². The molecule has 1 amide bonds. The van der Waals surface area contributed by atoms with Crippen molar-refractivity contribution in [2.24, 2.45) is 0 Å². The van der Waals surface area contributed by atoms with E-state index in [-0.39, 0.29) is 11.6 Å². The maximum absolute atomic E-state index is 12.7. The van der Waals surface area contributed by atoms with E-state index >= 15 is 0 Å². The lowest BCUT2D eigenvalue weighted by molar-refractivity contribution is -0.141. The van der Waals surface area contributed by atoms with Gasteiger partial charge in [-0.1, -0.05) is 0 Å². The summed E-state index contributed by atoms with van der Waals surface area (Å²) in [5.41, 5.74) is 1.87. The molecular weight excluding hydrogens is 397 g/mol. The number of ether oxygens (including phenoxy) is 1. The highest BCUT2D eigenvalue weighted by Gasteiger charge is 2.34. The molecule has 2 aromatic heterocycles. The smallest absolute Gasteiger partial charge is 0.366 e. The number of aromatic nitrogens is 3. The molecule has 1 atom stereocenters. The number of hydrogen-bond acceptors (Lipinski definition) is 5. The van der Waals surface area contributed by atoms with E-state index in [0.29, 0.717) is 12.2 Å². The van der Waals surface area contributed by atoms with E-state index in [9.17, 15) is 18.0 Å². The Labute approximate surface area is 170 Å². The number of alkyl halides is 3. The molecule has 3 aromatic rings. The predicted molar refractivity (Wildman–Crippen MR) is 102 cm³/mol. The summed E-state index contributed by atoms with van der Waals surface area (Å²) in [6, 6.07) is 6.60. The number of benzene rings is 1. The minimum Gasteiger partial charge on any atom is -0.366 e. The molecular formula is C21H19F3N4O2. The van der Waals surface area contributed by atoms with E-state index in [2.05, 4.69) is 20.5 Å². The van der Waals surface area contributed by atoms with Crippen molar-refractivity contribution >= 4 is 16.8 Å². The monoisotopic (exact) mass is 416 g/mol. The van der Waals surface area contributed by atoms with Crippen LogP contribution in [0.5, 0.6) is 0 Å². The Bertz CT molecular complexity index is 1130. The first kappa shape index (κ1) is 20.2. The normalized spacial score (nSPS) is 16.3. The molecule has 3 heterocycles. The number of rotatable bonds is 3. The molecule has 0 fully saturated rings. The zero-order valence-electron chi connectivity index (χ0n) is 16.5. The van der Waals surface area contributed by atoms with E-state index in [4.69, 9.17) is 4.74 Å². The van der Waals surface area contributed by atoms with Crippen molar-refractivity contribution in [3.8, 4) is 0 Å². The lowest BCUT2D eigenvalue weighted by Crippen LogP contribution is -2.27. The Morgan fingerprint density at radius 2 is 1.97 bits per heavy atom. The molecule has 1 aliphatic rings. The lowest BCUT2D eigenvalue weighted by atomic mass is 9.95. The molecule has 0 spiro atoms. The van der Waals surface area contributed by atoms with Gasteiger partial charge in [-0.05, 0) is 56.7 Å². The maximum atomic E-state index is 12.7. The van der Waals surface area contributed by atoms with E-state index in [1.54, 1.807) is 31.3 Å². The SMILES string of the molecule is C[C@@H](NC(=O)c1ccc2ncc3c(c2c1)COC3(C)C)c1ccc(C(F)(F)F)nn1. The molecule has 1 aliphatic heterocycles. The number of carbonyl (C=O) groups is 1. The van der Waals surface area contributed by atoms with Gasteiger partial charge in [0.2, 0.25) is 0 Å². The number of hydrogen-bond donors (Lipinski definition) is 1. The summed E-state index contributed by atoms with van der Waals surface area (Å²) in [5, 5.41) is 10.4. The summed E-state index contributed by atoms with van der Waals surface area (Å²) >= 11 is 0. The van der Waals surface area contributed by atoms with Crippen LogP contribution in [-0.4, -0.2) is 21.1 Å². The molecule has 1 aromatic carbocycles. The van der Waals surface area contributed by atoms with Crippen molar-refractivity contribution in [2.45, 2.75) is 45.2 Å². The van der Waals surface area contributed by atoms with Crippen LogP contribution in [0.2, 0.25) is 0 Å². The second-order valence-corrected chi connectivity index (χ2v) is 7.72. The quantitative estimate of drug-likeness (QED) is 0.689. The van der Waals surface area contributed by atoms with Crippen molar-refractivity contribution in [1.82, 2.24) is 20.5 Å². The zero-order valence-corrected chi connectivity index (χ0v) is 16.5. The van der Waals surface area contributed by atoms with Gasteiger partial charge >= 0.3 is 6.18 Å². The summed E-state index contributed by atoms with van der Waals surface area (Å²) in [5.74, 6) is -0.373. The Balaban J connectivity index is 1.57. The van der Waals surface area contributed by atoms with Crippen molar-refractivity contribution in [3.63, 3.8) is 0 Å². The third-order valence-corrected chi connectivity index (χ3v) is 5.23. The average Bonchev–Trinajstić information content (AvgIpc) is 3.02. The van der Waals surface area contributed by atoms with Gasteiger partial charge < -0.3 is 10.1 Å². The van der Waals surface area contributed by atoms with Crippen LogP contribution in [0.4, 0.5) is 13.2 Å². The molecule has 6 nitrogen and oxygen atoms in total. The average molecular weight is 416 g/mol. The van der Waals surface area contributed by atoms with Gasteiger partial charge in [0.1, 0.15) is 0 Å².